The fourth-order valence-electron chi connectivity index (χ4n) is 2.41. The Labute approximate surface area is 142 Å². The topological polar surface area (TPSA) is 124 Å². The Bertz CT molecular complexity index is 1100. The summed E-state index contributed by atoms with van der Waals surface area (Å²) in [7, 11) is -3.85. The Hall–Kier alpha value is -2.91. The van der Waals surface area contributed by atoms with Crippen molar-refractivity contribution in [2.24, 2.45) is 5.14 Å². The number of aromatic nitrogens is 1. The Balaban J connectivity index is 1.71. The fourth-order valence-corrected chi connectivity index (χ4v) is 2.97. The third-order valence-corrected chi connectivity index (χ3v) is 4.49. The van der Waals surface area contributed by atoms with Crippen molar-refractivity contribution >= 4 is 32.7 Å². The fraction of sp³-hybridized carbons (Fsp3) is 0.125. The van der Waals surface area contributed by atoms with Gasteiger partial charge in [0.1, 0.15) is 0 Å². The van der Waals surface area contributed by atoms with Crippen LogP contribution in [0.3, 0.4) is 0 Å². The molecule has 0 saturated carbocycles. The third-order valence-electron chi connectivity index (χ3n) is 3.58. The minimum Gasteiger partial charge on any atom is -0.408 e. The molecular weight excluding hydrogens is 346 g/mol. The van der Waals surface area contributed by atoms with E-state index in [9.17, 15) is 18.0 Å². The number of nitrogens with two attached hydrogens (primary N) is 1. The molecule has 0 aliphatic rings. The van der Waals surface area contributed by atoms with E-state index in [0.717, 1.165) is 0 Å². The van der Waals surface area contributed by atoms with Crippen molar-refractivity contribution in [1.82, 2.24) is 4.57 Å². The highest BCUT2D eigenvalue weighted by atomic mass is 32.2. The normalized spacial score (nSPS) is 11.6. The molecule has 130 valence electrons. The number of amides is 1. The molecule has 0 aliphatic carbocycles. The van der Waals surface area contributed by atoms with Crippen LogP contribution in [0.15, 0.2) is 62.6 Å². The largest absolute Gasteiger partial charge is 0.419 e. The summed E-state index contributed by atoms with van der Waals surface area (Å²) in [5.41, 5.74) is 1.37. The van der Waals surface area contributed by atoms with Crippen molar-refractivity contribution < 1.29 is 17.6 Å². The minimum absolute atomic E-state index is 0.0169. The van der Waals surface area contributed by atoms with Crippen LogP contribution in [0.25, 0.3) is 11.1 Å². The van der Waals surface area contributed by atoms with Gasteiger partial charge in [0, 0.05) is 18.7 Å². The summed E-state index contributed by atoms with van der Waals surface area (Å²) in [5, 5.41) is 7.64. The van der Waals surface area contributed by atoms with E-state index in [0.29, 0.717) is 16.8 Å². The molecule has 0 aliphatic heterocycles. The van der Waals surface area contributed by atoms with Gasteiger partial charge in [-0.2, -0.15) is 0 Å². The summed E-state index contributed by atoms with van der Waals surface area (Å²) in [6.07, 6.45) is 0.0169. The van der Waals surface area contributed by atoms with Crippen LogP contribution in [-0.4, -0.2) is 18.9 Å². The molecule has 8 nitrogen and oxygen atoms in total. The second kappa shape index (κ2) is 6.54. The standard InChI is InChI=1S/C16H15N3O5S/c17-25(22,23)12-5-3-4-11(10-12)18-15(20)8-9-19-13-6-1-2-7-14(13)24-16(19)21/h1-7,10H,8-9H2,(H,18,20)(H2,17,22,23). The molecule has 3 N–H and O–H groups in total. The number of carbonyl (C=O) groups is 1. The SMILES string of the molecule is NS(=O)(=O)c1cccc(NC(=O)CCn2c(=O)oc3ccccc32)c1. The molecule has 1 amide bonds. The number of aryl methyl sites for hydroxylation is 1. The van der Waals surface area contributed by atoms with Gasteiger partial charge in [-0.05, 0) is 30.3 Å². The van der Waals surface area contributed by atoms with Crippen LogP contribution in [0.5, 0.6) is 0 Å². The van der Waals surface area contributed by atoms with Crippen LogP contribution in [0, 0.1) is 0 Å². The monoisotopic (exact) mass is 361 g/mol. The van der Waals surface area contributed by atoms with Crippen molar-refractivity contribution in [1.29, 1.82) is 0 Å². The summed E-state index contributed by atoms with van der Waals surface area (Å²) in [6, 6.07) is 12.6. The van der Waals surface area contributed by atoms with Gasteiger partial charge in [0.05, 0.1) is 10.4 Å². The molecule has 0 fully saturated rings. The zero-order valence-electron chi connectivity index (χ0n) is 13.0. The highest BCUT2D eigenvalue weighted by molar-refractivity contribution is 7.89. The van der Waals surface area contributed by atoms with Gasteiger partial charge in [0.25, 0.3) is 0 Å². The smallest absolute Gasteiger partial charge is 0.408 e. The van der Waals surface area contributed by atoms with Gasteiger partial charge in [0.15, 0.2) is 5.58 Å². The van der Waals surface area contributed by atoms with E-state index in [4.69, 9.17) is 9.56 Å². The Kier molecular flexibility index (Phi) is 4.43. The van der Waals surface area contributed by atoms with Crippen molar-refractivity contribution in [3.05, 3.63) is 59.1 Å². The minimum atomic E-state index is -3.85. The number of carbonyl (C=O) groups excluding carboxylic acids is 1. The van der Waals surface area contributed by atoms with Crippen molar-refractivity contribution in [2.75, 3.05) is 5.32 Å². The van der Waals surface area contributed by atoms with Gasteiger partial charge < -0.3 is 9.73 Å². The molecule has 2 aromatic carbocycles. The van der Waals surface area contributed by atoms with Crippen LogP contribution >= 0.6 is 0 Å². The quantitative estimate of drug-likeness (QED) is 0.708. The molecule has 0 bridgehead atoms. The molecule has 9 heteroatoms. The van der Waals surface area contributed by atoms with E-state index >= 15 is 0 Å². The van der Waals surface area contributed by atoms with Gasteiger partial charge in [-0.25, -0.2) is 18.4 Å². The number of hydrogen-bond donors (Lipinski definition) is 2. The lowest BCUT2D eigenvalue weighted by atomic mass is 10.3. The van der Waals surface area contributed by atoms with Crippen LogP contribution in [0.2, 0.25) is 0 Å². The first-order valence-corrected chi connectivity index (χ1v) is 8.90. The first-order chi connectivity index (χ1) is 11.8. The van der Waals surface area contributed by atoms with E-state index < -0.39 is 15.8 Å². The maximum Gasteiger partial charge on any atom is 0.419 e. The number of nitrogens with one attached hydrogen (secondary N) is 1. The molecule has 0 unspecified atom stereocenters. The van der Waals surface area contributed by atoms with E-state index in [-0.39, 0.29) is 23.8 Å². The van der Waals surface area contributed by atoms with Gasteiger partial charge in [-0.3, -0.25) is 9.36 Å². The number of rotatable bonds is 5. The molecule has 0 spiro atoms. The lowest BCUT2D eigenvalue weighted by Crippen LogP contribution is -2.20. The lowest BCUT2D eigenvalue weighted by molar-refractivity contribution is -0.116. The number of anilines is 1. The molecule has 1 heterocycles. The third kappa shape index (κ3) is 3.78. The summed E-state index contributed by atoms with van der Waals surface area (Å²) >= 11 is 0. The molecule has 3 rings (SSSR count). The summed E-state index contributed by atoms with van der Waals surface area (Å²) < 4.78 is 29.1. The van der Waals surface area contributed by atoms with Gasteiger partial charge in [0.2, 0.25) is 15.9 Å². The number of para-hydroxylation sites is 2. The Morgan fingerprint density at radius 1 is 1.16 bits per heavy atom. The van der Waals surface area contributed by atoms with E-state index in [2.05, 4.69) is 5.32 Å². The van der Waals surface area contributed by atoms with Crippen molar-refractivity contribution in [3.63, 3.8) is 0 Å². The number of nitrogens with zero attached hydrogens (tertiary/aromatic N) is 1. The van der Waals surface area contributed by atoms with Gasteiger partial charge in [-0.1, -0.05) is 18.2 Å². The molecule has 1 aromatic heterocycles. The Morgan fingerprint density at radius 2 is 1.92 bits per heavy atom. The van der Waals surface area contributed by atoms with Gasteiger partial charge >= 0.3 is 5.76 Å². The Morgan fingerprint density at radius 3 is 2.68 bits per heavy atom. The zero-order chi connectivity index (χ0) is 18.0. The molecule has 25 heavy (non-hydrogen) atoms. The number of hydrogen-bond acceptors (Lipinski definition) is 5. The number of oxazole rings is 1. The maximum absolute atomic E-state index is 12.1. The van der Waals surface area contributed by atoms with E-state index in [1.807, 2.05) is 0 Å². The molecule has 0 saturated heterocycles. The zero-order valence-corrected chi connectivity index (χ0v) is 13.8. The second-order valence-corrected chi connectivity index (χ2v) is 6.92. The number of fused-ring (bicyclic) bond motifs is 1. The number of sulfonamides is 1. The van der Waals surface area contributed by atoms with Crippen LogP contribution in [-0.2, 0) is 21.4 Å². The van der Waals surface area contributed by atoms with Crippen molar-refractivity contribution in [3.8, 4) is 0 Å². The highest BCUT2D eigenvalue weighted by Gasteiger charge is 2.12. The van der Waals surface area contributed by atoms with E-state index in [1.165, 1.54) is 22.8 Å². The van der Waals surface area contributed by atoms with Crippen LogP contribution in [0.1, 0.15) is 6.42 Å². The molecular formula is C16H15N3O5S. The van der Waals surface area contributed by atoms with Crippen LogP contribution in [0.4, 0.5) is 5.69 Å². The predicted octanol–water partition coefficient (Wildman–Crippen LogP) is 1.27. The summed E-state index contributed by atoms with van der Waals surface area (Å²) in [5.74, 6) is -0.908. The van der Waals surface area contributed by atoms with Crippen molar-refractivity contribution in [2.45, 2.75) is 17.9 Å². The van der Waals surface area contributed by atoms with E-state index in [1.54, 1.807) is 30.3 Å². The average Bonchev–Trinajstić information content (AvgIpc) is 2.87. The molecule has 0 atom stereocenters. The number of primary sulfonamides is 1. The number of benzene rings is 2. The highest BCUT2D eigenvalue weighted by Crippen LogP contribution is 2.15. The first kappa shape index (κ1) is 16.9. The molecule has 3 aromatic rings. The predicted molar refractivity (Wildman–Crippen MR) is 91.5 cm³/mol. The van der Waals surface area contributed by atoms with Gasteiger partial charge in [-0.15, -0.1) is 0 Å². The lowest BCUT2D eigenvalue weighted by Gasteiger charge is -2.07. The first-order valence-electron chi connectivity index (χ1n) is 7.36. The van der Waals surface area contributed by atoms with Crippen LogP contribution < -0.4 is 16.2 Å². The second-order valence-electron chi connectivity index (χ2n) is 5.36. The molecule has 0 radical (unpaired) electrons. The average molecular weight is 361 g/mol. The maximum atomic E-state index is 12.1. The summed E-state index contributed by atoms with van der Waals surface area (Å²) in [4.78, 5) is 23.8. The summed E-state index contributed by atoms with van der Waals surface area (Å²) in [6.45, 7) is 0.135.